The van der Waals surface area contributed by atoms with Gasteiger partial charge in [-0.05, 0) is 31.9 Å². The van der Waals surface area contributed by atoms with E-state index >= 15 is 0 Å². The van der Waals surface area contributed by atoms with Crippen molar-refractivity contribution < 1.29 is 0 Å². The molecule has 4 nitrogen and oxygen atoms in total. The molecule has 1 aromatic heterocycles. The third kappa shape index (κ3) is 3.95. The number of hydrogen-bond acceptors (Lipinski definition) is 3. The Morgan fingerprint density at radius 2 is 2.08 bits per heavy atom. The van der Waals surface area contributed by atoms with E-state index in [1.54, 1.807) is 6.08 Å². The maximum absolute atomic E-state index is 5.41. The molecule has 2 aromatic rings. The van der Waals surface area contributed by atoms with Crippen LogP contribution in [0, 0.1) is 19.4 Å². The maximum atomic E-state index is 5.41. The number of rotatable bonds is 7. The van der Waals surface area contributed by atoms with Crippen LogP contribution in [0.5, 0.6) is 0 Å². The summed E-state index contributed by atoms with van der Waals surface area (Å²) in [6.07, 6.45) is 9.15. The predicted molar refractivity (Wildman–Crippen MR) is 101 cm³/mol. The van der Waals surface area contributed by atoms with Crippen molar-refractivity contribution in [3.63, 3.8) is 0 Å². The molecule has 0 amide bonds. The highest BCUT2D eigenvalue weighted by Gasteiger charge is 2.14. The fourth-order valence-electron chi connectivity index (χ4n) is 2.52. The van der Waals surface area contributed by atoms with Gasteiger partial charge < -0.3 is 5.32 Å². The van der Waals surface area contributed by atoms with Gasteiger partial charge in [-0.2, -0.15) is 5.10 Å². The Bertz CT molecular complexity index is 763. The lowest BCUT2D eigenvalue weighted by Crippen LogP contribution is -2.41. The molecule has 0 aliphatic heterocycles. The molecule has 2 rings (SSSR count). The van der Waals surface area contributed by atoms with Crippen LogP contribution in [0.25, 0.3) is 16.8 Å². The van der Waals surface area contributed by atoms with Crippen LogP contribution in [0.4, 0.5) is 0 Å². The van der Waals surface area contributed by atoms with Gasteiger partial charge in [-0.15, -0.1) is 6.58 Å². The molecule has 0 aliphatic carbocycles. The molecule has 0 fully saturated rings. The molecule has 1 unspecified atom stereocenters. The van der Waals surface area contributed by atoms with Crippen molar-refractivity contribution in [3.05, 3.63) is 60.5 Å². The lowest BCUT2D eigenvalue weighted by molar-refractivity contribution is 0.565. The zero-order valence-electron chi connectivity index (χ0n) is 14.5. The first kappa shape index (κ1) is 17.6. The van der Waals surface area contributed by atoms with Gasteiger partial charge in [-0.3, -0.25) is 5.32 Å². The van der Waals surface area contributed by atoms with E-state index < -0.39 is 0 Å². The number of aromatic nitrogens is 2. The number of hydrogen-bond donors (Lipinski definition) is 2. The number of benzene rings is 1. The van der Waals surface area contributed by atoms with Crippen LogP contribution in [0.3, 0.4) is 0 Å². The van der Waals surface area contributed by atoms with E-state index in [9.17, 15) is 0 Å². The molecular weight excluding hydrogens is 296 g/mol. The van der Waals surface area contributed by atoms with Gasteiger partial charge in [0, 0.05) is 30.0 Å². The molecule has 0 saturated carbocycles. The van der Waals surface area contributed by atoms with Crippen molar-refractivity contribution in [2.75, 3.05) is 6.54 Å². The summed E-state index contributed by atoms with van der Waals surface area (Å²) in [6.45, 7) is 10.5. The predicted octanol–water partition coefficient (Wildman–Crippen LogP) is 3.39. The number of nitrogens with zero attached hydrogens (tertiary/aromatic N) is 2. The van der Waals surface area contributed by atoms with E-state index in [1.165, 1.54) is 0 Å². The second kappa shape index (κ2) is 8.19. The molecule has 1 heterocycles. The van der Waals surface area contributed by atoms with Crippen molar-refractivity contribution >= 4 is 5.70 Å². The molecule has 1 atom stereocenters. The van der Waals surface area contributed by atoms with E-state index in [2.05, 4.69) is 46.7 Å². The molecule has 0 aliphatic rings. The minimum absolute atomic E-state index is 0.127. The number of nitrogens with one attached hydrogen (secondary N) is 2. The Hall–Kier alpha value is -2.77. The van der Waals surface area contributed by atoms with Crippen molar-refractivity contribution in [1.82, 2.24) is 20.4 Å². The van der Waals surface area contributed by atoms with Gasteiger partial charge in [0.05, 0.1) is 5.69 Å². The van der Waals surface area contributed by atoms with Crippen LogP contribution in [-0.2, 0) is 0 Å². The fraction of sp³-hybridized carbons (Fsp3) is 0.250. The van der Waals surface area contributed by atoms with Crippen molar-refractivity contribution in [2.45, 2.75) is 26.9 Å². The normalized spacial score (nSPS) is 12.9. The van der Waals surface area contributed by atoms with Crippen molar-refractivity contribution in [3.8, 4) is 23.6 Å². The van der Waals surface area contributed by atoms with Crippen LogP contribution in [0.2, 0.25) is 0 Å². The monoisotopic (exact) mass is 320 g/mol. The van der Waals surface area contributed by atoms with Gasteiger partial charge >= 0.3 is 0 Å². The lowest BCUT2D eigenvalue weighted by Gasteiger charge is -2.20. The third-order valence-electron chi connectivity index (χ3n) is 4.03. The topological polar surface area (TPSA) is 41.9 Å². The molecule has 24 heavy (non-hydrogen) atoms. The Balaban J connectivity index is 2.36. The number of allylic oxidation sites excluding steroid dienone is 1. The zero-order valence-corrected chi connectivity index (χ0v) is 14.5. The van der Waals surface area contributed by atoms with Crippen LogP contribution >= 0.6 is 0 Å². The first-order valence-electron chi connectivity index (χ1n) is 7.93. The van der Waals surface area contributed by atoms with Crippen LogP contribution in [-0.4, -0.2) is 22.5 Å². The summed E-state index contributed by atoms with van der Waals surface area (Å²) < 4.78 is 1.91. The van der Waals surface area contributed by atoms with E-state index in [0.717, 1.165) is 28.1 Å². The SMILES string of the molecule is C#CNC(NCC=C)/C(C)=C(\C)n1cc(-c2ccccc2)c(C)n1. The number of aryl methyl sites for hydroxylation is 1. The summed E-state index contributed by atoms with van der Waals surface area (Å²) in [5.74, 6) is 0. The lowest BCUT2D eigenvalue weighted by atomic mass is 10.1. The summed E-state index contributed by atoms with van der Waals surface area (Å²) in [4.78, 5) is 0. The molecule has 0 radical (unpaired) electrons. The fourth-order valence-corrected chi connectivity index (χ4v) is 2.52. The van der Waals surface area contributed by atoms with Gasteiger partial charge in [-0.1, -0.05) is 42.8 Å². The minimum atomic E-state index is -0.127. The quantitative estimate of drug-likeness (QED) is 0.356. The molecule has 4 heteroatoms. The van der Waals surface area contributed by atoms with Crippen molar-refractivity contribution in [1.29, 1.82) is 0 Å². The minimum Gasteiger partial charge on any atom is -0.326 e. The Morgan fingerprint density at radius 3 is 2.71 bits per heavy atom. The van der Waals surface area contributed by atoms with Gasteiger partial charge in [0.25, 0.3) is 0 Å². The van der Waals surface area contributed by atoms with E-state index in [1.807, 2.05) is 43.7 Å². The van der Waals surface area contributed by atoms with E-state index in [4.69, 9.17) is 6.42 Å². The van der Waals surface area contributed by atoms with Crippen molar-refractivity contribution in [2.24, 2.45) is 0 Å². The summed E-state index contributed by atoms with van der Waals surface area (Å²) in [5.41, 5.74) is 5.40. The largest absolute Gasteiger partial charge is 0.326 e. The van der Waals surface area contributed by atoms with Gasteiger partial charge in [0.1, 0.15) is 6.17 Å². The highest BCUT2D eigenvalue weighted by atomic mass is 15.3. The van der Waals surface area contributed by atoms with Gasteiger partial charge in [0.2, 0.25) is 0 Å². The smallest absolute Gasteiger partial charge is 0.108 e. The van der Waals surface area contributed by atoms with E-state index in [0.29, 0.717) is 6.54 Å². The molecule has 124 valence electrons. The number of terminal acetylenes is 1. The maximum Gasteiger partial charge on any atom is 0.108 e. The second-order valence-corrected chi connectivity index (χ2v) is 5.63. The first-order chi connectivity index (χ1) is 11.6. The van der Waals surface area contributed by atoms with Crippen LogP contribution in [0.15, 0.2) is 54.8 Å². The van der Waals surface area contributed by atoms with Crippen LogP contribution < -0.4 is 10.6 Å². The highest BCUT2D eigenvalue weighted by Crippen LogP contribution is 2.24. The summed E-state index contributed by atoms with van der Waals surface area (Å²) in [7, 11) is 0. The summed E-state index contributed by atoms with van der Waals surface area (Å²) in [6, 6.07) is 12.8. The molecule has 0 bridgehead atoms. The average molecular weight is 320 g/mol. The molecule has 1 aromatic carbocycles. The zero-order chi connectivity index (χ0) is 17.5. The average Bonchev–Trinajstić information content (AvgIpc) is 3.00. The summed E-state index contributed by atoms with van der Waals surface area (Å²) >= 11 is 0. The van der Waals surface area contributed by atoms with Gasteiger partial charge in [0.15, 0.2) is 0 Å². The molecular formula is C20H24N4. The Labute approximate surface area is 144 Å². The van der Waals surface area contributed by atoms with Gasteiger partial charge in [-0.25, -0.2) is 4.68 Å². The molecule has 0 saturated heterocycles. The molecule has 2 N–H and O–H groups in total. The standard InChI is InChI=1S/C20H24N4/c1-6-13-22-20(21-7-2)15(3)17(5)24-14-19(16(4)23-24)18-11-9-8-10-12-18/h2,6,8-12,14,20-22H,1,13H2,3-5H3/b17-15+. The first-order valence-corrected chi connectivity index (χ1v) is 7.93. The van der Waals surface area contributed by atoms with E-state index in [-0.39, 0.29) is 6.17 Å². The Kier molecular flexibility index (Phi) is 6.00. The summed E-state index contributed by atoms with van der Waals surface area (Å²) in [5, 5.41) is 11.0. The highest BCUT2D eigenvalue weighted by molar-refractivity contribution is 5.66. The third-order valence-corrected chi connectivity index (χ3v) is 4.03. The second-order valence-electron chi connectivity index (χ2n) is 5.63. The molecule has 0 spiro atoms. The Morgan fingerprint density at radius 1 is 1.38 bits per heavy atom. The van der Waals surface area contributed by atoms with Crippen LogP contribution in [0.1, 0.15) is 19.5 Å².